The van der Waals surface area contributed by atoms with Gasteiger partial charge in [-0.3, -0.25) is 15.0 Å². The lowest BCUT2D eigenvalue weighted by Crippen LogP contribution is -2.32. The van der Waals surface area contributed by atoms with E-state index in [4.69, 9.17) is 10.3 Å². The van der Waals surface area contributed by atoms with E-state index in [9.17, 15) is 18.4 Å². The summed E-state index contributed by atoms with van der Waals surface area (Å²) < 4.78 is 34.5. The summed E-state index contributed by atoms with van der Waals surface area (Å²) in [5, 5.41) is 3.45. The first-order valence-corrected chi connectivity index (χ1v) is 10.6. The molecule has 0 saturated heterocycles. The highest BCUT2D eigenvalue weighted by molar-refractivity contribution is 5.99. The van der Waals surface area contributed by atoms with E-state index in [0.717, 1.165) is 17.2 Å². The number of anilines is 1. The lowest BCUT2D eigenvalue weighted by molar-refractivity contribution is 0.0949. The fourth-order valence-electron chi connectivity index (χ4n) is 4.03. The summed E-state index contributed by atoms with van der Waals surface area (Å²) in [6, 6.07) is 14.5. The molecule has 1 aromatic heterocycles. The molecule has 0 bridgehead atoms. The Bertz CT molecular complexity index is 1470. The van der Waals surface area contributed by atoms with Crippen LogP contribution in [0.1, 0.15) is 40.0 Å². The Kier molecular flexibility index (Phi) is 6.17. The zero-order chi connectivity index (χ0) is 24.6. The number of aryl methyl sites for hydroxylation is 1. The van der Waals surface area contributed by atoms with Gasteiger partial charge in [-0.15, -0.1) is 0 Å². The van der Waals surface area contributed by atoms with Gasteiger partial charge in [-0.2, -0.15) is 0 Å². The lowest BCUT2D eigenvalue weighted by Gasteiger charge is -2.20. The van der Waals surface area contributed by atoms with E-state index < -0.39 is 29.1 Å². The van der Waals surface area contributed by atoms with Crippen LogP contribution in [0.15, 0.2) is 63.8 Å². The van der Waals surface area contributed by atoms with Gasteiger partial charge in [0.15, 0.2) is 17.1 Å². The number of hydrogen-bond donors (Lipinski definition) is 3. The Labute approximate surface area is 194 Å². The summed E-state index contributed by atoms with van der Waals surface area (Å²) in [6.07, 6.45) is 0. The van der Waals surface area contributed by atoms with Gasteiger partial charge in [0.25, 0.3) is 5.91 Å². The molecule has 4 aromatic rings. The minimum atomic E-state index is -1.32. The number of hydrazine groups is 1. The normalized spacial score (nSPS) is 11.9. The average Bonchev–Trinajstić information content (AvgIpc) is 2.83. The van der Waals surface area contributed by atoms with E-state index in [1.54, 1.807) is 19.9 Å². The molecule has 6 nitrogen and oxygen atoms in total. The molecule has 0 radical (unpaired) electrons. The summed E-state index contributed by atoms with van der Waals surface area (Å²) in [5.41, 5.74) is 4.22. The van der Waals surface area contributed by atoms with Crippen LogP contribution in [0.25, 0.3) is 22.3 Å². The van der Waals surface area contributed by atoms with Crippen LogP contribution in [-0.2, 0) is 0 Å². The van der Waals surface area contributed by atoms with Crippen molar-refractivity contribution in [2.45, 2.75) is 26.8 Å². The number of fused-ring (bicyclic) bond motifs is 1. The van der Waals surface area contributed by atoms with Crippen molar-refractivity contribution in [2.24, 2.45) is 5.84 Å². The number of nitrogen functional groups attached to an aromatic ring is 1. The quantitative estimate of drug-likeness (QED) is 0.217. The first-order chi connectivity index (χ1) is 16.2. The van der Waals surface area contributed by atoms with Gasteiger partial charge in [0.2, 0.25) is 0 Å². The largest absolute Gasteiger partial charge is 0.455 e. The van der Waals surface area contributed by atoms with Crippen LogP contribution in [0.2, 0.25) is 0 Å². The fraction of sp³-hybridized carbons (Fsp3) is 0.154. The first kappa shape index (κ1) is 23.1. The molecule has 34 heavy (non-hydrogen) atoms. The van der Waals surface area contributed by atoms with Crippen molar-refractivity contribution >= 4 is 22.6 Å². The highest BCUT2D eigenvalue weighted by atomic mass is 19.2. The Balaban J connectivity index is 1.89. The molecule has 0 fully saturated rings. The molecule has 1 amide bonds. The fourth-order valence-corrected chi connectivity index (χ4v) is 4.03. The third-order valence-electron chi connectivity index (χ3n) is 5.72. The van der Waals surface area contributed by atoms with Gasteiger partial charge >= 0.3 is 0 Å². The maximum Gasteiger partial charge on any atom is 0.270 e. The number of nitrogens with one attached hydrogen (secondary N) is 2. The van der Waals surface area contributed by atoms with Crippen LogP contribution in [0.3, 0.4) is 0 Å². The van der Waals surface area contributed by atoms with E-state index in [1.165, 1.54) is 6.07 Å². The zero-order valence-electron chi connectivity index (χ0n) is 18.8. The molecule has 1 heterocycles. The van der Waals surface area contributed by atoms with Crippen LogP contribution >= 0.6 is 0 Å². The summed E-state index contributed by atoms with van der Waals surface area (Å²) in [4.78, 5) is 25.4. The molecule has 0 aliphatic rings. The highest BCUT2D eigenvalue weighted by Crippen LogP contribution is 2.33. The summed E-state index contributed by atoms with van der Waals surface area (Å²) >= 11 is 0. The van der Waals surface area contributed by atoms with Crippen molar-refractivity contribution in [3.8, 4) is 11.3 Å². The number of halogens is 2. The van der Waals surface area contributed by atoms with E-state index in [-0.39, 0.29) is 11.1 Å². The predicted octanol–water partition coefficient (Wildman–Crippen LogP) is 5.13. The second-order valence-corrected chi connectivity index (χ2v) is 8.11. The SMILES string of the molecule is Cc1cc([C@@H](C)Nc2ccc(F)c(F)c2C(=O)NN)c2oc(-c3ccccc3)c(C)c(=O)c2c1. The van der Waals surface area contributed by atoms with Crippen molar-refractivity contribution in [2.75, 3.05) is 5.32 Å². The van der Waals surface area contributed by atoms with Gasteiger partial charge in [0.1, 0.15) is 16.9 Å². The smallest absolute Gasteiger partial charge is 0.270 e. The predicted molar refractivity (Wildman–Crippen MR) is 127 cm³/mol. The molecule has 1 atom stereocenters. The molecule has 3 aromatic carbocycles. The van der Waals surface area contributed by atoms with E-state index in [1.807, 2.05) is 48.7 Å². The van der Waals surface area contributed by atoms with Gasteiger partial charge in [0, 0.05) is 16.7 Å². The number of amides is 1. The monoisotopic (exact) mass is 463 g/mol. The van der Waals surface area contributed by atoms with Gasteiger partial charge in [-0.25, -0.2) is 14.6 Å². The van der Waals surface area contributed by atoms with Crippen molar-refractivity contribution in [1.82, 2.24) is 5.43 Å². The van der Waals surface area contributed by atoms with Crippen LogP contribution in [0, 0.1) is 25.5 Å². The lowest BCUT2D eigenvalue weighted by atomic mass is 9.98. The van der Waals surface area contributed by atoms with Gasteiger partial charge in [0.05, 0.1) is 17.1 Å². The maximum absolute atomic E-state index is 14.4. The number of carbonyl (C=O) groups is 1. The van der Waals surface area contributed by atoms with Crippen LogP contribution in [0.4, 0.5) is 14.5 Å². The van der Waals surface area contributed by atoms with E-state index in [0.29, 0.717) is 27.9 Å². The molecule has 4 N–H and O–H groups in total. The molecule has 4 rings (SSSR count). The molecule has 0 spiro atoms. The summed E-state index contributed by atoms with van der Waals surface area (Å²) in [6.45, 7) is 5.33. The molecule has 0 aliphatic carbocycles. The number of hydrogen-bond acceptors (Lipinski definition) is 5. The van der Waals surface area contributed by atoms with Crippen molar-refractivity contribution < 1.29 is 18.0 Å². The van der Waals surface area contributed by atoms with E-state index in [2.05, 4.69) is 5.32 Å². The second kappa shape index (κ2) is 9.07. The molecule has 174 valence electrons. The minimum absolute atomic E-state index is 0.0433. The zero-order valence-corrected chi connectivity index (χ0v) is 18.8. The Hall–Kier alpha value is -4.04. The molecule has 0 aliphatic heterocycles. The first-order valence-electron chi connectivity index (χ1n) is 10.6. The Morgan fingerprint density at radius 1 is 1.06 bits per heavy atom. The van der Waals surface area contributed by atoms with Crippen LogP contribution < -0.4 is 22.0 Å². The van der Waals surface area contributed by atoms with Gasteiger partial charge < -0.3 is 9.73 Å². The third kappa shape index (κ3) is 4.04. The molecular weight excluding hydrogens is 440 g/mol. The molecular formula is C26H23F2N3O3. The van der Waals surface area contributed by atoms with Gasteiger partial charge in [-0.05, 0) is 44.5 Å². The van der Waals surface area contributed by atoms with Gasteiger partial charge in [-0.1, -0.05) is 36.4 Å². The Morgan fingerprint density at radius 3 is 2.44 bits per heavy atom. The average molecular weight is 463 g/mol. The highest BCUT2D eigenvalue weighted by Gasteiger charge is 2.23. The van der Waals surface area contributed by atoms with E-state index >= 15 is 0 Å². The van der Waals surface area contributed by atoms with Crippen molar-refractivity contribution in [3.63, 3.8) is 0 Å². The number of benzene rings is 3. The Morgan fingerprint density at radius 2 is 1.76 bits per heavy atom. The molecule has 0 unspecified atom stereocenters. The number of rotatable bonds is 5. The summed E-state index contributed by atoms with van der Waals surface area (Å²) in [7, 11) is 0. The van der Waals surface area contributed by atoms with Crippen LogP contribution in [0.5, 0.6) is 0 Å². The maximum atomic E-state index is 14.4. The summed E-state index contributed by atoms with van der Waals surface area (Å²) in [5.74, 6) is 2.15. The standard InChI is InChI=1S/C26H23F2N3O3/c1-13-11-17(15(3)30-20-10-9-19(27)22(28)21(20)26(33)31-29)25-18(12-13)23(32)14(2)24(34-25)16-7-5-4-6-8-16/h4-12,15,30H,29H2,1-3H3,(H,31,33)/t15-/m1/s1. The van der Waals surface area contributed by atoms with Crippen molar-refractivity contribution in [1.29, 1.82) is 0 Å². The minimum Gasteiger partial charge on any atom is -0.455 e. The second-order valence-electron chi connectivity index (χ2n) is 8.11. The van der Waals surface area contributed by atoms with Crippen LogP contribution in [-0.4, -0.2) is 5.91 Å². The number of nitrogens with two attached hydrogens (primary N) is 1. The molecule has 0 saturated carbocycles. The number of carbonyl (C=O) groups excluding carboxylic acids is 1. The third-order valence-corrected chi connectivity index (χ3v) is 5.72. The topological polar surface area (TPSA) is 97.4 Å². The van der Waals surface area contributed by atoms with Crippen molar-refractivity contribution in [3.05, 3.63) is 98.7 Å². The molecule has 8 heteroatoms.